The summed E-state index contributed by atoms with van der Waals surface area (Å²) in [4.78, 5) is 10.3. The number of nitrogens with one attached hydrogen (secondary N) is 1. The van der Waals surface area contributed by atoms with E-state index in [4.69, 9.17) is 0 Å². The van der Waals surface area contributed by atoms with Crippen LogP contribution in [0.2, 0.25) is 0 Å². The van der Waals surface area contributed by atoms with Crippen molar-refractivity contribution in [3.63, 3.8) is 0 Å². The topological polar surface area (TPSA) is 104 Å². The van der Waals surface area contributed by atoms with Crippen molar-refractivity contribution in [2.24, 2.45) is 0 Å². The molecule has 3 aromatic rings. The predicted octanol–water partition coefficient (Wildman–Crippen LogP) is 1.52. The first-order valence-corrected chi connectivity index (χ1v) is 10.2. The van der Waals surface area contributed by atoms with Gasteiger partial charge >= 0.3 is 0 Å². The summed E-state index contributed by atoms with van der Waals surface area (Å²) in [6, 6.07) is 12.5. The lowest BCUT2D eigenvalue weighted by molar-refractivity contribution is 0.383. The van der Waals surface area contributed by atoms with Crippen molar-refractivity contribution in [2.45, 2.75) is 4.90 Å². The first kappa shape index (κ1) is 18.3. The summed E-state index contributed by atoms with van der Waals surface area (Å²) in [5.74, 6) is 2.00. The second-order valence-electron chi connectivity index (χ2n) is 6.20. The molecule has 4 heterocycles. The number of hydrogen-bond acceptors (Lipinski definition) is 8. The lowest BCUT2D eigenvalue weighted by Gasteiger charge is -2.34. The Morgan fingerprint density at radius 3 is 2.36 bits per heavy atom. The second-order valence-corrected chi connectivity index (χ2v) is 8.13. The molecule has 0 radical (unpaired) electrons. The summed E-state index contributed by atoms with van der Waals surface area (Å²) >= 11 is 0. The summed E-state index contributed by atoms with van der Waals surface area (Å²) in [5.41, 5.74) is 0. The fourth-order valence-corrected chi connectivity index (χ4v) is 4.32. The molecule has 0 atom stereocenters. The maximum atomic E-state index is 12.7. The molecule has 0 aromatic carbocycles. The zero-order valence-electron chi connectivity index (χ0n) is 15.0. The van der Waals surface area contributed by atoms with Crippen LogP contribution in [0.25, 0.3) is 0 Å². The van der Waals surface area contributed by atoms with Gasteiger partial charge in [-0.05, 0) is 36.4 Å². The van der Waals surface area contributed by atoms with Crippen molar-refractivity contribution in [2.75, 3.05) is 36.4 Å². The van der Waals surface area contributed by atoms with E-state index in [1.54, 1.807) is 24.5 Å². The van der Waals surface area contributed by atoms with Crippen LogP contribution in [-0.2, 0) is 10.0 Å². The third-order valence-corrected chi connectivity index (χ3v) is 6.29. The highest BCUT2D eigenvalue weighted by molar-refractivity contribution is 7.89. The smallest absolute Gasteiger partial charge is 0.244 e. The fraction of sp³-hybridized carbons (Fsp3) is 0.222. The number of pyridine rings is 2. The molecule has 0 bridgehead atoms. The van der Waals surface area contributed by atoms with E-state index in [1.165, 1.54) is 10.5 Å². The summed E-state index contributed by atoms with van der Waals surface area (Å²) < 4.78 is 26.8. The fourth-order valence-electron chi connectivity index (χ4n) is 2.93. The van der Waals surface area contributed by atoms with Gasteiger partial charge in [0.25, 0.3) is 0 Å². The molecular weight excluding hydrogens is 378 g/mol. The van der Waals surface area contributed by atoms with E-state index >= 15 is 0 Å². The minimum atomic E-state index is -3.52. The first-order valence-electron chi connectivity index (χ1n) is 8.80. The van der Waals surface area contributed by atoms with Gasteiger partial charge in [0, 0.05) is 44.8 Å². The molecule has 0 amide bonds. The van der Waals surface area contributed by atoms with Gasteiger partial charge in [-0.2, -0.15) is 4.31 Å². The van der Waals surface area contributed by atoms with E-state index < -0.39 is 10.0 Å². The van der Waals surface area contributed by atoms with Crippen molar-refractivity contribution in [1.82, 2.24) is 24.5 Å². The van der Waals surface area contributed by atoms with E-state index in [9.17, 15) is 8.42 Å². The lowest BCUT2D eigenvalue weighted by Crippen LogP contribution is -2.49. The Hall–Kier alpha value is -3.11. The Bertz CT molecular complexity index is 1010. The molecule has 1 aliphatic rings. The molecule has 3 aromatic heterocycles. The van der Waals surface area contributed by atoms with E-state index in [2.05, 4.69) is 25.5 Å². The molecule has 1 aliphatic heterocycles. The van der Waals surface area contributed by atoms with E-state index in [0.717, 1.165) is 0 Å². The third kappa shape index (κ3) is 3.92. The second kappa shape index (κ2) is 7.87. The summed E-state index contributed by atoms with van der Waals surface area (Å²) in [6.45, 7) is 1.85. The molecule has 28 heavy (non-hydrogen) atoms. The Balaban J connectivity index is 1.39. The number of hydrogen-bond donors (Lipinski definition) is 1. The van der Waals surface area contributed by atoms with E-state index in [-0.39, 0.29) is 4.90 Å². The highest BCUT2D eigenvalue weighted by Crippen LogP contribution is 2.20. The highest BCUT2D eigenvalue weighted by atomic mass is 32.2. The predicted molar refractivity (Wildman–Crippen MR) is 105 cm³/mol. The van der Waals surface area contributed by atoms with Gasteiger partial charge in [-0.3, -0.25) is 4.98 Å². The summed E-state index contributed by atoms with van der Waals surface area (Å²) in [5, 5.41) is 11.5. The minimum Gasteiger partial charge on any atom is -0.352 e. The molecule has 1 saturated heterocycles. The maximum Gasteiger partial charge on any atom is 0.244 e. The van der Waals surface area contributed by atoms with Gasteiger partial charge in [-0.15, -0.1) is 10.2 Å². The minimum absolute atomic E-state index is 0.216. The van der Waals surface area contributed by atoms with Crippen molar-refractivity contribution in [3.05, 3.63) is 61.1 Å². The van der Waals surface area contributed by atoms with Crippen molar-refractivity contribution < 1.29 is 8.42 Å². The van der Waals surface area contributed by atoms with Crippen LogP contribution < -0.4 is 10.2 Å². The molecular formula is C18H19N7O2S. The Labute approximate surface area is 163 Å². The molecule has 4 rings (SSSR count). The normalized spacial score (nSPS) is 15.4. The van der Waals surface area contributed by atoms with Crippen LogP contribution in [0.15, 0.2) is 66.0 Å². The standard InChI is InChI=1S/C18H19N7O2S/c26-28(27,15-4-3-8-19-14-15)25-12-10-24(11-13-25)18-7-6-17(22-23-18)21-16-5-1-2-9-20-16/h1-9,14H,10-13H2,(H,20,21,22). The average Bonchev–Trinajstić information content (AvgIpc) is 2.76. The van der Waals surface area contributed by atoms with E-state index in [0.29, 0.717) is 43.6 Å². The zero-order valence-corrected chi connectivity index (χ0v) is 15.8. The van der Waals surface area contributed by atoms with Gasteiger partial charge in [-0.25, -0.2) is 13.4 Å². The van der Waals surface area contributed by atoms with Crippen LogP contribution in [0.3, 0.4) is 0 Å². The van der Waals surface area contributed by atoms with Gasteiger partial charge < -0.3 is 10.2 Å². The average molecular weight is 397 g/mol. The number of aromatic nitrogens is 4. The molecule has 0 saturated carbocycles. The monoisotopic (exact) mass is 397 g/mol. The van der Waals surface area contributed by atoms with Crippen molar-refractivity contribution >= 4 is 27.5 Å². The third-order valence-electron chi connectivity index (χ3n) is 4.41. The lowest BCUT2D eigenvalue weighted by atomic mass is 10.3. The highest BCUT2D eigenvalue weighted by Gasteiger charge is 2.29. The van der Waals surface area contributed by atoms with Crippen LogP contribution in [0, 0.1) is 0 Å². The molecule has 10 heteroatoms. The Morgan fingerprint density at radius 2 is 1.71 bits per heavy atom. The largest absolute Gasteiger partial charge is 0.352 e. The number of rotatable bonds is 5. The number of nitrogens with zero attached hydrogens (tertiary/aromatic N) is 6. The Morgan fingerprint density at radius 1 is 0.857 bits per heavy atom. The molecule has 1 N–H and O–H groups in total. The number of piperazine rings is 1. The van der Waals surface area contributed by atoms with Crippen LogP contribution in [0.4, 0.5) is 17.5 Å². The van der Waals surface area contributed by atoms with E-state index in [1.807, 2.05) is 35.2 Å². The van der Waals surface area contributed by atoms with Crippen LogP contribution in [0.1, 0.15) is 0 Å². The maximum absolute atomic E-state index is 12.7. The van der Waals surface area contributed by atoms with Crippen LogP contribution in [0.5, 0.6) is 0 Å². The Kier molecular flexibility index (Phi) is 5.13. The molecule has 1 fully saturated rings. The molecule has 144 valence electrons. The van der Waals surface area contributed by atoms with Gasteiger partial charge in [0.1, 0.15) is 10.7 Å². The molecule has 0 spiro atoms. The molecule has 0 aliphatic carbocycles. The SMILES string of the molecule is O=S(=O)(c1cccnc1)N1CCN(c2ccc(Nc3ccccn3)nn2)CC1. The van der Waals surface area contributed by atoms with Crippen LogP contribution >= 0.6 is 0 Å². The summed E-state index contributed by atoms with van der Waals surface area (Å²) in [7, 11) is -3.52. The number of anilines is 3. The number of sulfonamides is 1. The van der Waals surface area contributed by atoms with Gasteiger partial charge in [0.2, 0.25) is 10.0 Å². The first-order chi connectivity index (χ1) is 13.6. The zero-order chi connectivity index (χ0) is 19.4. The molecule has 9 nitrogen and oxygen atoms in total. The molecule has 0 unspecified atom stereocenters. The van der Waals surface area contributed by atoms with Gasteiger partial charge in [-0.1, -0.05) is 6.07 Å². The van der Waals surface area contributed by atoms with Gasteiger partial charge in [0.15, 0.2) is 11.6 Å². The van der Waals surface area contributed by atoms with Crippen LogP contribution in [-0.4, -0.2) is 59.1 Å². The van der Waals surface area contributed by atoms with Gasteiger partial charge in [0.05, 0.1) is 0 Å². The van der Waals surface area contributed by atoms with Crippen molar-refractivity contribution in [1.29, 1.82) is 0 Å². The summed E-state index contributed by atoms with van der Waals surface area (Å²) in [6.07, 6.45) is 4.63. The quantitative estimate of drug-likeness (QED) is 0.691. The van der Waals surface area contributed by atoms with Crippen molar-refractivity contribution in [3.8, 4) is 0 Å².